The Bertz CT molecular complexity index is 310. The number of nitriles is 1. The van der Waals surface area contributed by atoms with Gasteiger partial charge in [-0.15, -0.1) is 19.3 Å². The molecule has 0 saturated carbocycles. The van der Waals surface area contributed by atoms with Gasteiger partial charge in [-0.05, 0) is 0 Å². The Kier molecular flexibility index (Phi) is 5.89. The Balaban J connectivity index is 0. The average molecular weight is 334 g/mol. The molecule has 0 bridgehead atoms. The quantitative estimate of drug-likeness (QED) is 0.569. The molecule has 0 N–H and O–H groups in total. The zero-order chi connectivity index (χ0) is 16.3. The first kappa shape index (κ1) is 21.1. The van der Waals surface area contributed by atoms with Crippen molar-refractivity contribution >= 4 is 15.5 Å². The van der Waals surface area contributed by atoms with Crippen LogP contribution in [0.3, 0.4) is 0 Å². The predicted octanol–water partition coefficient (Wildman–Crippen LogP) is 4.30. The molecule has 0 aromatic carbocycles. The van der Waals surface area contributed by atoms with Gasteiger partial charge >= 0.3 is 40.7 Å². The van der Waals surface area contributed by atoms with Crippen LogP contribution in [0.1, 0.15) is 0 Å². The van der Waals surface area contributed by atoms with E-state index in [-0.39, 0.29) is 0 Å². The maximum atomic E-state index is 9.87. The molecule has 0 fully saturated rings. The molecule has 0 spiro atoms. The first-order valence-electron chi connectivity index (χ1n) is 4.74. The maximum absolute atomic E-state index is 10.7. The van der Waals surface area contributed by atoms with Crippen LogP contribution in [0.4, 0.5) is 25.2 Å². The molecular formula is C7H18F6N4P2. The van der Waals surface area contributed by atoms with E-state index in [1.807, 2.05) is 56.3 Å². The van der Waals surface area contributed by atoms with Crippen LogP contribution in [0.25, 0.3) is 0 Å². The van der Waals surface area contributed by atoms with Crippen LogP contribution in [0.15, 0.2) is 0 Å². The van der Waals surface area contributed by atoms with Crippen molar-refractivity contribution in [3.05, 3.63) is 0 Å². The van der Waals surface area contributed by atoms with Gasteiger partial charge in [0.1, 0.15) is 0 Å². The van der Waals surface area contributed by atoms with Crippen molar-refractivity contribution in [2.24, 2.45) is 0 Å². The van der Waals surface area contributed by atoms with Crippen LogP contribution in [0.2, 0.25) is 0 Å². The van der Waals surface area contributed by atoms with Crippen molar-refractivity contribution in [3.8, 4) is 5.81 Å². The fraction of sp³-hybridized carbons (Fsp3) is 0.857. The molecule has 12 heteroatoms. The Morgan fingerprint density at radius 1 is 0.737 bits per heavy atom. The molecule has 118 valence electrons. The topological polar surface area (TPSA) is 33.5 Å². The third-order valence-electron chi connectivity index (χ3n) is 1.81. The first-order chi connectivity index (χ1) is 7.84. The average Bonchev–Trinajstić information content (AvgIpc) is 1.96. The second-order valence-electron chi connectivity index (χ2n) is 4.17. The van der Waals surface area contributed by atoms with E-state index < -0.39 is 15.5 Å². The van der Waals surface area contributed by atoms with Gasteiger partial charge in [0.15, 0.2) is 0 Å². The summed E-state index contributed by atoms with van der Waals surface area (Å²) in [5, 5.41) is 9.16. The van der Waals surface area contributed by atoms with E-state index in [2.05, 4.69) is 5.81 Å². The molecule has 0 amide bonds. The predicted molar refractivity (Wildman–Crippen MR) is 67.2 cm³/mol. The molecule has 0 atom stereocenters. The van der Waals surface area contributed by atoms with E-state index in [1.54, 1.807) is 0 Å². The van der Waals surface area contributed by atoms with Gasteiger partial charge in [-0.2, -0.15) is 0 Å². The molecule has 0 aromatic heterocycles. The van der Waals surface area contributed by atoms with E-state index in [1.165, 1.54) is 0 Å². The molecule has 0 aliphatic heterocycles. The zero-order valence-electron chi connectivity index (χ0n) is 11.5. The molecule has 0 aromatic rings. The molecule has 0 saturated heterocycles. The fourth-order valence-electron chi connectivity index (χ4n) is 1.34. The Labute approximate surface area is 109 Å². The third kappa shape index (κ3) is 10.3. The summed E-state index contributed by atoms with van der Waals surface area (Å²) in [6, 6.07) is 0. The first-order valence-corrected chi connectivity index (χ1v) is 8.42. The number of nitrogens with zero attached hydrogens (tertiary/aromatic N) is 4. The van der Waals surface area contributed by atoms with Crippen molar-refractivity contribution < 1.29 is 25.2 Å². The van der Waals surface area contributed by atoms with Gasteiger partial charge < -0.3 is 0 Å². The molecule has 0 unspecified atom stereocenters. The molecule has 19 heavy (non-hydrogen) atoms. The van der Waals surface area contributed by atoms with E-state index in [9.17, 15) is 25.2 Å². The minimum absolute atomic E-state index is 1.89. The molecule has 0 heterocycles. The monoisotopic (exact) mass is 334 g/mol. The number of hydrogen-bond donors (Lipinski definition) is 0. The van der Waals surface area contributed by atoms with Gasteiger partial charge in [0.25, 0.3) is 5.81 Å². The van der Waals surface area contributed by atoms with Gasteiger partial charge in [0, 0.05) is 42.3 Å². The third-order valence-corrected chi connectivity index (χ3v) is 5.42. The summed E-state index contributed by atoms with van der Waals surface area (Å²) in [6.45, 7) is 0. The summed E-state index contributed by atoms with van der Waals surface area (Å²) in [4.78, 5) is 0. The Morgan fingerprint density at radius 2 is 0.895 bits per heavy atom. The second-order valence-corrected chi connectivity index (χ2v) is 9.82. The summed E-state index contributed by atoms with van der Waals surface area (Å²) in [7, 11) is -0.896. The summed E-state index contributed by atoms with van der Waals surface area (Å²) in [5.74, 6) is 2.40. The van der Waals surface area contributed by atoms with Crippen molar-refractivity contribution in [2.75, 3.05) is 42.3 Å². The standard InChI is InChI=1S/C7H18N4P.F6P/c1-9(2)12(7-8,10(3)4)11(5)6;1-7(2,3,4,5)6/h1-6H3;/q+1;-1. The van der Waals surface area contributed by atoms with Crippen LogP contribution in [-0.2, 0) is 0 Å². The number of rotatable bonds is 3. The van der Waals surface area contributed by atoms with Crippen LogP contribution < -0.4 is 0 Å². The summed E-state index contributed by atoms with van der Waals surface area (Å²) < 4.78 is 65.2. The SMILES string of the molecule is CN(C)[P+](C#N)(N(C)C)N(C)C.F[P-](F)(F)(F)(F)F. The molecule has 0 rings (SSSR count). The molecule has 0 radical (unpaired) electrons. The van der Waals surface area contributed by atoms with Crippen molar-refractivity contribution in [1.29, 1.82) is 5.26 Å². The summed E-state index contributed by atoms with van der Waals surface area (Å²) in [6.07, 6.45) is 0. The summed E-state index contributed by atoms with van der Waals surface area (Å²) >= 11 is 0. The molecule has 4 nitrogen and oxygen atoms in total. The van der Waals surface area contributed by atoms with Crippen LogP contribution in [-0.4, -0.2) is 56.3 Å². The van der Waals surface area contributed by atoms with Gasteiger partial charge in [-0.1, -0.05) is 0 Å². The van der Waals surface area contributed by atoms with Crippen LogP contribution in [0, 0.1) is 11.1 Å². The summed E-state index contributed by atoms with van der Waals surface area (Å²) in [5.41, 5.74) is 0. The minimum atomic E-state index is -10.7. The van der Waals surface area contributed by atoms with Gasteiger partial charge in [0.05, 0.1) is 0 Å². The van der Waals surface area contributed by atoms with Gasteiger partial charge in [0.2, 0.25) is 0 Å². The Hall–Kier alpha value is -0.190. The van der Waals surface area contributed by atoms with Crippen molar-refractivity contribution in [3.63, 3.8) is 0 Å². The van der Waals surface area contributed by atoms with E-state index in [0.29, 0.717) is 0 Å². The number of halogens is 6. The van der Waals surface area contributed by atoms with E-state index in [4.69, 9.17) is 5.26 Å². The zero-order valence-corrected chi connectivity index (χ0v) is 13.2. The fourth-order valence-corrected chi connectivity index (χ4v) is 4.02. The normalized spacial score (nSPS) is 16.5. The van der Waals surface area contributed by atoms with E-state index >= 15 is 0 Å². The molecular weight excluding hydrogens is 316 g/mol. The van der Waals surface area contributed by atoms with Crippen molar-refractivity contribution in [2.45, 2.75) is 0 Å². The second kappa shape index (κ2) is 5.30. The van der Waals surface area contributed by atoms with Gasteiger partial charge in [-0.3, -0.25) is 0 Å². The van der Waals surface area contributed by atoms with Crippen LogP contribution >= 0.6 is 15.5 Å². The molecule has 0 aliphatic rings. The molecule has 0 aliphatic carbocycles. The van der Waals surface area contributed by atoms with Gasteiger partial charge in [-0.25, -0.2) is 0 Å². The van der Waals surface area contributed by atoms with Crippen LogP contribution in [0.5, 0.6) is 0 Å². The van der Waals surface area contributed by atoms with E-state index in [0.717, 1.165) is 0 Å². The van der Waals surface area contributed by atoms with Crippen molar-refractivity contribution in [1.82, 2.24) is 14.0 Å². The number of hydrogen-bond acceptors (Lipinski definition) is 4. The Morgan fingerprint density at radius 3 is 0.895 bits per heavy atom.